The predicted molar refractivity (Wildman–Crippen MR) is 81.2 cm³/mol. The topological polar surface area (TPSA) is 48.5 Å². The number of anilines is 1. The first kappa shape index (κ1) is 13.8. The third-order valence-corrected chi connectivity index (χ3v) is 4.98. The SMILES string of the molecule is O=C(CN1CCN(c2nccs2)CC1)NC1CCCC1. The third-order valence-electron chi connectivity index (χ3n) is 4.15. The van der Waals surface area contributed by atoms with Gasteiger partial charge in [0.1, 0.15) is 0 Å². The van der Waals surface area contributed by atoms with E-state index in [0.29, 0.717) is 12.6 Å². The number of thiazole rings is 1. The molecule has 1 aliphatic heterocycles. The fraction of sp³-hybridized carbons (Fsp3) is 0.714. The summed E-state index contributed by atoms with van der Waals surface area (Å²) in [7, 11) is 0. The van der Waals surface area contributed by atoms with Crippen LogP contribution in [0.1, 0.15) is 25.7 Å². The highest BCUT2D eigenvalue weighted by atomic mass is 32.1. The van der Waals surface area contributed by atoms with Crippen LogP contribution >= 0.6 is 11.3 Å². The molecule has 20 heavy (non-hydrogen) atoms. The lowest BCUT2D eigenvalue weighted by atomic mass is 10.2. The van der Waals surface area contributed by atoms with Gasteiger partial charge in [0.05, 0.1) is 6.54 Å². The molecule has 1 aromatic heterocycles. The van der Waals surface area contributed by atoms with E-state index in [1.165, 1.54) is 12.8 Å². The quantitative estimate of drug-likeness (QED) is 0.910. The summed E-state index contributed by atoms with van der Waals surface area (Å²) in [6, 6.07) is 0.430. The smallest absolute Gasteiger partial charge is 0.234 e. The molecule has 1 saturated carbocycles. The van der Waals surface area contributed by atoms with E-state index in [1.807, 2.05) is 11.6 Å². The number of amides is 1. The van der Waals surface area contributed by atoms with Crippen LogP contribution in [-0.4, -0.2) is 54.6 Å². The highest BCUT2D eigenvalue weighted by molar-refractivity contribution is 7.13. The number of rotatable bonds is 4. The minimum Gasteiger partial charge on any atom is -0.352 e. The van der Waals surface area contributed by atoms with Crippen molar-refractivity contribution in [2.45, 2.75) is 31.7 Å². The van der Waals surface area contributed by atoms with Crippen molar-refractivity contribution < 1.29 is 4.79 Å². The molecule has 0 aromatic carbocycles. The Hall–Kier alpha value is -1.14. The molecular formula is C14H22N4OS. The molecule has 2 aliphatic rings. The fourth-order valence-corrected chi connectivity index (χ4v) is 3.71. The minimum atomic E-state index is 0.194. The summed E-state index contributed by atoms with van der Waals surface area (Å²) in [5.74, 6) is 0.194. The number of piperazine rings is 1. The molecule has 2 heterocycles. The van der Waals surface area contributed by atoms with E-state index in [9.17, 15) is 4.79 Å². The van der Waals surface area contributed by atoms with E-state index in [1.54, 1.807) is 11.3 Å². The number of hydrogen-bond donors (Lipinski definition) is 1. The van der Waals surface area contributed by atoms with E-state index in [-0.39, 0.29) is 5.91 Å². The molecule has 1 N–H and O–H groups in total. The lowest BCUT2D eigenvalue weighted by molar-refractivity contribution is -0.123. The van der Waals surface area contributed by atoms with Gasteiger partial charge < -0.3 is 10.2 Å². The Morgan fingerprint density at radius 3 is 2.70 bits per heavy atom. The van der Waals surface area contributed by atoms with Gasteiger partial charge in [0.25, 0.3) is 0 Å². The van der Waals surface area contributed by atoms with Gasteiger partial charge in [-0.3, -0.25) is 9.69 Å². The van der Waals surface area contributed by atoms with Crippen molar-refractivity contribution in [2.75, 3.05) is 37.6 Å². The summed E-state index contributed by atoms with van der Waals surface area (Å²) in [6.07, 6.45) is 6.68. The standard InChI is InChI=1S/C14H22N4OS/c19-13(16-12-3-1-2-4-12)11-17-6-8-18(9-7-17)14-15-5-10-20-14/h5,10,12H,1-4,6-9,11H2,(H,16,19). The van der Waals surface area contributed by atoms with Crippen molar-refractivity contribution in [1.29, 1.82) is 0 Å². The van der Waals surface area contributed by atoms with Gasteiger partial charge in [-0.25, -0.2) is 4.98 Å². The van der Waals surface area contributed by atoms with Gasteiger partial charge in [0.2, 0.25) is 5.91 Å². The summed E-state index contributed by atoms with van der Waals surface area (Å²) in [6.45, 7) is 4.35. The molecule has 1 aliphatic carbocycles. The number of hydrogen-bond acceptors (Lipinski definition) is 5. The van der Waals surface area contributed by atoms with Gasteiger partial charge in [0.15, 0.2) is 5.13 Å². The maximum absolute atomic E-state index is 12.0. The van der Waals surface area contributed by atoms with E-state index < -0.39 is 0 Å². The largest absolute Gasteiger partial charge is 0.352 e. The number of carbonyl (C=O) groups is 1. The summed E-state index contributed by atoms with van der Waals surface area (Å²) in [5, 5.41) is 6.27. The first-order chi connectivity index (χ1) is 9.81. The second-order valence-corrected chi connectivity index (χ2v) is 6.50. The minimum absolute atomic E-state index is 0.194. The van der Waals surface area contributed by atoms with Crippen LogP contribution in [0.4, 0.5) is 5.13 Å². The Balaban J connectivity index is 1.40. The summed E-state index contributed by atoms with van der Waals surface area (Å²) >= 11 is 1.68. The van der Waals surface area contributed by atoms with Gasteiger partial charge in [-0.15, -0.1) is 11.3 Å². The predicted octanol–water partition coefficient (Wildman–Crippen LogP) is 1.32. The van der Waals surface area contributed by atoms with Crippen molar-refractivity contribution in [3.8, 4) is 0 Å². The third kappa shape index (κ3) is 3.49. The number of nitrogens with zero attached hydrogens (tertiary/aromatic N) is 3. The Morgan fingerprint density at radius 2 is 2.05 bits per heavy atom. The highest BCUT2D eigenvalue weighted by Gasteiger charge is 2.22. The van der Waals surface area contributed by atoms with Crippen molar-refractivity contribution >= 4 is 22.4 Å². The zero-order chi connectivity index (χ0) is 13.8. The molecule has 3 rings (SSSR count). The second kappa shape index (κ2) is 6.54. The zero-order valence-electron chi connectivity index (χ0n) is 11.8. The maximum Gasteiger partial charge on any atom is 0.234 e. The van der Waals surface area contributed by atoms with Crippen LogP contribution < -0.4 is 10.2 Å². The zero-order valence-corrected chi connectivity index (χ0v) is 12.6. The average Bonchev–Trinajstić information content (AvgIpc) is 3.12. The molecule has 0 spiro atoms. The van der Waals surface area contributed by atoms with E-state index in [0.717, 1.165) is 44.2 Å². The molecule has 0 unspecified atom stereocenters. The number of carbonyl (C=O) groups excluding carboxylic acids is 1. The molecule has 1 amide bonds. The Morgan fingerprint density at radius 1 is 1.30 bits per heavy atom. The van der Waals surface area contributed by atoms with Crippen molar-refractivity contribution in [3.63, 3.8) is 0 Å². The molecule has 1 saturated heterocycles. The normalized spacial score (nSPS) is 21.3. The van der Waals surface area contributed by atoms with Crippen LogP contribution in [0.3, 0.4) is 0 Å². The van der Waals surface area contributed by atoms with Crippen LogP contribution in [0, 0.1) is 0 Å². The number of nitrogens with one attached hydrogen (secondary N) is 1. The van der Waals surface area contributed by atoms with Crippen LogP contribution in [0.2, 0.25) is 0 Å². The van der Waals surface area contributed by atoms with Crippen LogP contribution in [0.25, 0.3) is 0 Å². The van der Waals surface area contributed by atoms with E-state index >= 15 is 0 Å². The van der Waals surface area contributed by atoms with Gasteiger partial charge in [-0.05, 0) is 12.8 Å². The molecule has 5 nitrogen and oxygen atoms in total. The Labute approximate surface area is 124 Å². The Bertz CT molecular complexity index is 422. The summed E-state index contributed by atoms with van der Waals surface area (Å²) < 4.78 is 0. The van der Waals surface area contributed by atoms with Crippen molar-refractivity contribution in [2.24, 2.45) is 0 Å². The molecule has 0 atom stereocenters. The van der Waals surface area contributed by atoms with Gasteiger partial charge in [0, 0.05) is 43.8 Å². The lowest BCUT2D eigenvalue weighted by Crippen LogP contribution is -2.50. The average molecular weight is 294 g/mol. The molecular weight excluding hydrogens is 272 g/mol. The fourth-order valence-electron chi connectivity index (χ4n) is 3.02. The second-order valence-electron chi connectivity index (χ2n) is 5.63. The monoisotopic (exact) mass is 294 g/mol. The van der Waals surface area contributed by atoms with Crippen LogP contribution in [0.5, 0.6) is 0 Å². The molecule has 0 radical (unpaired) electrons. The first-order valence-corrected chi connectivity index (χ1v) is 8.35. The Kier molecular flexibility index (Phi) is 4.52. The molecule has 6 heteroatoms. The van der Waals surface area contributed by atoms with Gasteiger partial charge in [-0.1, -0.05) is 12.8 Å². The molecule has 1 aromatic rings. The molecule has 110 valence electrons. The number of aromatic nitrogens is 1. The van der Waals surface area contributed by atoms with E-state index in [2.05, 4.69) is 20.1 Å². The van der Waals surface area contributed by atoms with Gasteiger partial charge >= 0.3 is 0 Å². The van der Waals surface area contributed by atoms with E-state index in [4.69, 9.17) is 0 Å². The highest BCUT2D eigenvalue weighted by Crippen LogP contribution is 2.19. The molecule has 2 fully saturated rings. The lowest BCUT2D eigenvalue weighted by Gasteiger charge is -2.34. The van der Waals surface area contributed by atoms with Crippen LogP contribution in [0.15, 0.2) is 11.6 Å². The first-order valence-electron chi connectivity index (χ1n) is 7.47. The molecule has 0 bridgehead atoms. The summed E-state index contributed by atoms with van der Waals surface area (Å²) in [5.41, 5.74) is 0. The summed E-state index contributed by atoms with van der Waals surface area (Å²) in [4.78, 5) is 20.9. The van der Waals surface area contributed by atoms with Gasteiger partial charge in [-0.2, -0.15) is 0 Å². The van der Waals surface area contributed by atoms with Crippen molar-refractivity contribution in [3.05, 3.63) is 11.6 Å². The maximum atomic E-state index is 12.0. The van der Waals surface area contributed by atoms with Crippen molar-refractivity contribution in [1.82, 2.24) is 15.2 Å². The van der Waals surface area contributed by atoms with Crippen LogP contribution in [-0.2, 0) is 4.79 Å².